The van der Waals surface area contributed by atoms with Gasteiger partial charge in [0.25, 0.3) is 5.91 Å². The van der Waals surface area contributed by atoms with Gasteiger partial charge in [-0.25, -0.2) is 8.42 Å². The number of anilines is 1. The summed E-state index contributed by atoms with van der Waals surface area (Å²) in [4.78, 5) is 15.0. The number of ether oxygens (including phenoxy) is 2. The van der Waals surface area contributed by atoms with Gasteiger partial charge in [0.15, 0.2) is 6.10 Å². The molecule has 2 aromatic rings. The third kappa shape index (κ3) is 7.45. The minimum atomic E-state index is -3.33. The number of benzene rings is 2. The van der Waals surface area contributed by atoms with E-state index in [0.29, 0.717) is 24.4 Å². The Balaban J connectivity index is 1.50. The van der Waals surface area contributed by atoms with Crippen molar-refractivity contribution in [2.75, 3.05) is 43.9 Å². The molecule has 9 heteroatoms. The van der Waals surface area contributed by atoms with Crippen molar-refractivity contribution in [3.05, 3.63) is 59.7 Å². The summed E-state index contributed by atoms with van der Waals surface area (Å²) in [6.45, 7) is 6.69. The van der Waals surface area contributed by atoms with Crippen LogP contribution in [0.4, 0.5) is 5.69 Å². The van der Waals surface area contributed by atoms with E-state index in [1.165, 1.54) is 16.9 Å². The summed E-state index contributed by atoms with van der Waals surface area (Å²) in [7, 11) is -1.84. The topological polar surface area (TPSA) is 88.2 Å². The maximum atomic E-state index is 12.6. The van der Waals surface area contributed by atoms with Gasteiger partial charge in [0.1, 0.15) is 5.75 Å². The number of nitrogens with one attached hydrogen (secondary N) is 1. The number of morpholine rings is 1. The molecule has 1 N–H and O–H groups in total. The van der Waals surface area contributed by atoms with Crippen LogP contribution in [0.25, 0.3) is 0 Å². The molecule has 1 fully saturated rings. The Morgan fingerprint density at radius 2 is 1.70 bits per heavy atom. The molecular formula is C24H33N3O5S. The molecule has 0 aliphatic carbocycles. The predicted molar refractivity (Wildman–Crippen MR) is 129 cm³/mol. The molecule has 1 aliphatic heterocycles. The van der Waals surface area contributed by atoms with Crippen LogP contribution < -0.4 is 14.4 Å². The molecule has 33 heavy (non-hydrogen) atoms. The second-order valence-corrected chi connectivity index (χ2v) is 10.2. The van der Waals surface area contributed by atoms with Gasteiger partial charge in [0, 0.05) is 33.2 Å². The number of hydrogen-bond acceptors (Lipinski definition) is 6. The lowest BCUT2D eigenvalue weighted by Crippen LogP contribution is -2.37. The molecule has 2 aromatic carbocycles. The molecule has 0 spiro atoms. The highest BCUT2D eigenvalue weighted by Crippen LogP contribution is 2.21. The largest absolute Gasteiger partial charge is 0.481 e. The number of sulfonamides is 1. The van der Waals surface area contributed by atoms with Gasteiger partial charge in [-0.1, -0.05) is 31.2 Å². The number of rotatable bonds is 10. The van der Waals surface area contributed by atoms with Crippen LogP contribution in [0.1, 0.15) is 24.5 Å². The van der Waals surface area contributed by atoms with Gasteiger partial charge >= 0.3 is 0 Å². The number of nitrogens with zero attached hydrogens (tertiary/aromatic N) is 2. The van der Waals surface area contributed by atoms with Crippen LogP contribution >= 0.6 is 0 Å². The van der Waals surface area contributed by atoms with E-state index in [4.69, 9.17) is 9.47 Å². The van der Waals surface area contributed by atoms with Crippen molar-refractivity contribution in [2.45, 2.75) is 32.5 Å². The molecule has 1 amide bonds. The first-order valence-electron chi connectivity index (χ1n) is 11.1. The smallest absolute Gasteiger partial charge is 0.261 e. The zero-order valence-corrected chi connectivity index (χ0v) is 20.3. The van der Waals surface area contributed by atoms with E-state index >= 15 is 0 Å². The lowest BCUT2D eigenvalue weighted by molar-refractivity contribution is -0.128. The van der Waals surface area contributed by atoms with Crippen molar-refractivity contribution < 1.29 is 22.7 Å². The number of carbonyl (C=O) groups excluding carboxylic acids is 1. The molecule has 8 nitrogen and oxygen atoms in total. The SMILES string of the molecule is CC[C@H](Oc1ccc(N(C)S(C)(=O)=O)cc1)C(=O)NCc1ccc(CN2CCOCC2)cc1. The Bertz CT molecular complexity index is 1000. The minimum Gasteiger partial charge on any atom is -0.481 e. The van der Waals surface area contributed by atoms with Gasteiger partial charge < -0.3 is 14.8 Å². The summed E-state index contributed by atoms with van der Waals surface area (Å²) < 4.78 is 35.7. The van der Waals surface area contributed by atoms with Gasteiger partial charge in [-0.2, -0.15) is 0 Å². The second-order valence-electron chi connectivity index (χ2n) is 8.16. The molecule has 1 aliphatic rings. The summed E-state index contributed by atoms with van der Waals surface area (Å²) in [5.41, 5.74) is 2.79. The van der Waals surface area contributed by atoms with Crippen molar-refractivity contribution in [2.24, 2.45) is 0 Å². The second kappa shape index (κ2) is 11.5. The van der Waals surface area contributed by atoms with Crippen molar-refractivity contribution in [3.63, 3.8) is 0 Å². The Labute approximate surface area is 196 Å². The lowest BCUT2D eigenvalue weighted by atomic mass is 10.1. The van der Waals surface area contributed by atoms with Gasteiger partial charge in [-0.3, -0.25) is 14.0 Å². The monoisotopic (exact) mass is 475 g/mol. The highest BCUT2D eigenvalue weighted by Gasteiger charge is 2.19. The van der Waals surface area contributed by atoms with Crippen LogP contribution in [-0.2, 0) is 32.6 Å². The molecular weight excluding hydrogens is 442 g/mol. The molecule has 0 saturated carbocycles. The molecule has 1 heterocycles. The number of hydrogen-bond donors (Lipinski definition) is 1. The average molecular weight is 476 g/mol. The van der Waals surface area contributed by atoms with E-state index < -0.39 is 16.1 Å². The first-order chi connectivity index (χ1) is 15.8. The molecule has 0 aromatic heterocycles. The van der Waals surface area contributed by atoms with E-state index in [2.05, 4.69) is 22.3 Å². The molecule has 3 rings (SSSR count). The summed E-state index contributed by atoms with van der Waals surface area (Å²) in [5.74, 6) is 0.322. The van der Waals surface area contributed by atoms with Crippen molar-refractivity contribution in [1.82, 2.24) is 10.2 Å². The van der Waals surface area contributed by atoms with Crippen LogP contribution in [0.15, 0.2) is 48.5 Å². The van der Waals surface area contributed by atoms with Crippen LogP contribution in [0.2, 0.25) is 0 Å². The summed E-state index contributed by atoms with van der Waals surface area (Å²) in [6, 6.07) is 14.9. The highest BCUT2D eigenvalue weighted by molar-refractivity contribution is 7.92. The Morgan fingerprint density at radius 1 is 1.09 bits per heavy atom. The zero-order valence-electron chi connectivity index (χ0n) is 19.5. The number of amides is 1. The Morgan fingerprint density at radius 3 is 2.27 bits per heavy atom. The number of carbonyl (C=O) groups is 1. The summed E-state index contributed by atoms with van der Waals surface area (Å²) in [6.07, 6.45) is 1.02. The quantitative estimate of drug-likeness (QED) is 0.568. The molecule has 180 valence electrons. The summed E-state index contributed by atoms with van der Waals surface area (Å²) in [5, 5.41) is 2.94. The zero-order chi connectivity index (χ0) is 23.8. The minimum absolute atomic E-state index is 0.188. The van der Waals surface area contributed by atoms with Crippen LogP contribution in [0.3, 0.4) is 0 Å². The van der Waals surface area contributed by atoms with Crippen molar-refractivity contribution in [3.8, 4) is 5.75 Å². The highest BCUT2D eigenvalue weighted by atomic mass is 32.2. The van der Waals surface area contributed by atoms with Crippen LogP contribution in [0, 0.1) is 0 Å². The van der Waals surface area contributed by atoms with E-state index in [1.807, 2.05) is 19.1 Å². The van der Waals surface area contributed by atoms with E-state index in [1.54, 1.807) is 24.3 Å². The molecule has 1 atom stereocenters. The Hall–Kier alpha value is -2.62. The molecule has 1 saturated heterocycles. The predicted octanol–water partition coefficient (Wildman–Crippen LogP) is 2.39. The fourth-order valence-corrected chi connectivity index (χ4v) is 4.00. The standard InChI is InChI=1S/C24H33N3O5S/c1-4-23(32-22-11-9-21(10-12-22)26(2)33(3,29)30)24(28)25-17-19-5-7-20(8-6-19)18-27-13-15-31-16-14-27/h5-12,23H,4,13-18H2,1-3H3,(H,25,28)/t23-/m0/s1. The van der Waals surface area contributed by atoms with Crippen LogP contribution in [-0.4, -0.2) is 64.9 Å². The van der Waals surface area contributed by atoms with Gasteiger partial charge in [0.05, 0.1) is 25.2 Å². The summed E-state index contributed by atoms with van der Waals surface area (Å²) >= 11 is 0. The third-order valence-corrected chi connectivity index (χ3v) is 6.84. The molecule has 0 bridgehead atoms. The van der Waals surface area contributed by atoms with Crippen LogP contribution in [0.5, 0.6) is 5.75 Å². The molecule has 0 unspecified atom stereocenters. The average Bonchev–Trinajstić information content (AvgIpc) is 2.82. The first kappa shape index (κ1) is 25.0. The van der Waals surface area contributed by atoms with E-state index in [9.17, 15) is 13.2 Å². The maximum absolute atomic E-state index is 12.6. The van der Waals surface area contributed by atoms with E-state index in [0.717, 1.165) is 44.7 Å². The van der Waals surface area contributed by atoms with Crippen molar-refractivity contribution in [1.29, 1.82) is 0 Å². The fraction of sp³-hybridized carbons (Fsp3) is 0.458. The first-order valence-corrected chi connectivity index (χ1v) is 13.0. The van der Waals surface area contributed by atoms with Gasteiger partial charge in [0.2, 0.25) is 10.0 Å². The normalized spacial score (nSPS) is 15.6. The van der Waals surface area contributed by atoms with Crippen molar-refractivity contribution >= 4 is 21.6 Å². The maximum Gasteiger partial charge on any atom is 0.261 e. The molecule has 0 radical (unpaired) electrons. The van der Waals surface area contributed by atoms with Gasteiger partial charge in [-0.15, -0.1) is 0 Å². The fourth-order valence-electron chi connectivity index (χ4n) is 3.50. The third-order valence-electron chi connectivity index (χ3n) is 5.64. The van der Waals surface area contributed by atoms with Gasteiger partial charge in [-0.05, 0) is 41.8 Å². The van der Waals surface area contributed by atoms with E-state index in [-0.39, 0.29) is 5.91 Å². The lowest BCUT2D eigenvalue weighted by Gasteiger charge is -2.26. The Kier molecular flexibility index (Phi) is 8.71.